The zero-order valence-corrected chi connectivity index (χ0v) is 11.7. The number of nitrogens with one attached hydrogen (secondary N) is 1. The van der Waals surface area contributed by atoms with Gasteiger partial charge in [0.2, 0.25) is 5.91 Å². The molecule has 1 aliphatic heterocycles. The summed E-state index contributed by atoms with van der Waals surface area (Å²) >= 11 is 0. The van der Waals surface area contributed by atoms with Crippen LogP contribution in [0.2, 0.25) is 0 Å². The predicted octanol–water partition coefficient (Wildman–Crippen LogP) is 1.65. The lowest BCUT2D eigenvalue weighted by molar-refractivity contribution is -0.135. The second kappa shape index (κ2) is 6.57. The minimum absolute atomic E-state index is 0.119. The van der Waals surface area contributed by atoms with Gasteiger partial charge in [-0.25, -0.2) is 0 Å². The summed E-state index contributed by atoms with van der Waals surface area (Å²) in [6.45, 7) is 2.43. The molecule has 0 spiro atoms. The maximum absolute atomic E-state index is 12.3. The first-order valence-corrected chi connectivity index (χ1v) is 6.80. The summed E-state index contributed by atoms with van der Waals surface area (Å²) in [5.74, 6) is 1.18. The molecule has 1 N–H and O–H groups in total. The van der Waals surface area contributed by atoms with E-state index in [0.717, 1.165) is 37.2 Å². The molecule has 0 aromatic heterocycles. The maximum atomic E-state index is 12.3. The summed E-state index contributed by atoms with van der Waals surface area (Å²) in [5.41, 5.74) is 1.05. The first-order chi connectivity index (χ1) is 9.22. The van der Waals surface area contributed by atoms with Gasteiger partial charge in [-0.05, 0) is 25.5 Å². The Bertz CT molecular complexity index is 428. The monoisotopic (exact) mass is 262 g/mol. The van der Waals surface area contributed by atoms with E-state index >= 15 is 0 Å². The molecule has 0 unspecified atom stereocenters. The van der Waals surface area contributed by atoms with Gasteiger partial charge in [-0.15, -0.1) is 0 Å². The highest BCUT2D eigenvalue weighted by atomic mass is 16.5. The Morgan fingerprint density at radius 1 is 1.47 bits per heavy atom. The third-order valence-electron chi connectivity index (χ3n) is 3.62. The molecule has 1 heterocycles. The number of nitrogens with zero attached hydrogens (tertiary/aromatic N) is 1. The highest BCUT2D eigenvalue weighted by molar-refractivity contribution is 5.79. The van der Waals surface area contributed by atoms with Crippen molar-refractivity contribution in [3.63, 3.8) is 0 Å². The van der Waals surface area contributed by atoms with Crippen LogP contribution in [0.3, 0.4) is 0 Å². The van der Waals surface area contributed by atoms with Crippen LogP contribution >= 0.6 is 0 Å². The molecule has 104 valence electrons. The fourth-order valence-corrected chi connectivity index (χ4v) is 2.54. The molecule has 19 heavy (non-hydrogen) atoms. The molecule has 1 saturated heterocycles. The number of carbonyl (C=O) groups excluding carboxylic acids is 1. The number of hydrogen-bond acceptors (Lipinski definition) is 3. The largest absolute Gasteiger partial charge is 0.496 e. The van der Waals surface area contributed by atoms with Gasteiger partial charge in [0.05, 0.1) is 13.0 Å². The summed E-state index contributed by atoms with van der Waals surface area (Å²) in [7, 11) is 3.52. The number of hydrogen-bond donors (Lipinski definition) is 1. The summed E-state index contributed by atoms with van der Waals surface area (Å²) in [6, 6.07) is 7.84. The molecule has 1 fully saturated rings. The van der Waals surface area contributed by atoms with Gasteiger partial charge in [-0.3, -0.25) is 4.79 Å². The number of carbonyl (C=O) groups is 1. The molecule has 4 nitrogen and oxygen atoms in total. The lowest BCUT2D eigenvalue weighted by Crippen LogP contribution is -2.41. The molecule has 2 rings (SSSR count). The lowest BCUT2D eigenvalue weighted by atomic mass is 9.98. The Morgan fingerprint density at radius 2 is 2.26 bits per heavy atom. The van der Waals surface area contributed by atoms with Crippen LogP contribution in [0.25, 0.3) is 0 Å². The molecule has 0 radical (unpaired) electrons. The van der Waals surface area contributed by atoms with Crippen LogP contribution in [0.4, 0.5) is 0 Å². The fraction of sp³-hybridized carbons (Fsp3) is 0.533. The number of amides is 1. The zero-order chi connectivity index (χ0) is 13.7. The van der Waals surface area contributed by atoms with Gasteiger partial charge in [0.25, 0.3) is 0 Å². The van der Waals surface area contributed by atoms with Crippen molar-refractivity contribution >= 4 is 5.91 Å². The average molecular weight is 262 g/mol. The molecular weight excluding hydrogens is 240 g/mol. The summed E-state index contributed by atoms with van der Waals surface area (Å²) in [6.07, 6.45) is 2.07. The van der Waals surface area contributed by atoms with E-state index in [0.29, 0.717) is 6.54 Å². The van der Waals surface area contributed by atoms with E-state index < -0.39 is 0 Å². The van der Waals surface area contributed by atoms with Crippen LogP contribution in [-0.2, 0) is 11.3 Å². The van der Waals surface area contributed by atoms with E-state index in [1.807, 2.05) is 31.3 Å². The van der Waals surface area contributed by atoms with Crippen molar-refractivity contribution in [2.75, 3.05) is 27.2 Å². The van der Waals surface area contributed by atoms with Crippen molar-refractivity contribution in [3.8, 4) is 5.75 Å². The van der Waals surface area contributed by atoms with Crippen LogP contribution in [0.15, 0.2) is 24.3 Å². The third kappa shape index (κ3) is 3.47. The van der Waals surface area contributed by atoms with Crippen molar-refractivity contribution in [1.29, 1.82) is 0 Å². The summed E-state index contributed by atoms with van der Waals surface area (Å²) in [5, 5.41) is 3.28. The van der Waals surface area contributed by atoms with Gasteiger partial charge < -0.3 is 15.0 Å². The van der Waals surface area contributed by atoms with E-state index in [9.17, 15) is 4.79 Å². The lowest BCUT2D eigenvalue weighted by Gasteiger charge is -2.27. The average Bonchev–Trinajstić information content (AvgIpc) is 2.48. The number of benzene rings is 1. The van der Waals surface area contributed by atoms with Crippen molar-refractivity contribution in [2.45, 2.75) is 19.4 Å². The molecule has 1 aromatic carbocycles. The molecule has 0 bridgehead atoms. The second-order valence-corrected chi connectivity index (χ2v) is 5.05. The van der Waals surface area contributed by atoms with Gasteiger partial charge in [-0.2, -0.15) is 0 Å². The molecule has 1 aromatic rings. The molecule has 1 amide bonds. The second-order valence-electron chi connectivity index (χ2n) is 5.05. The number of rotatable bonds is 4. The Hall–Kier alpha value is -1.55. The van der Waals surface area contributed by atoms with Gasteiger partial charge in [-0.1, -0.05) is 18.2 Å². The predicted molar refractivity (Wildman–Crippen MR) is 75.1 cm³/mol. The number of methoxy groups -OCH3 is 1. The van der Waals surface area contributed by atoms with E-state index in [1.165, 1.54) is 0 Å². The Balaban J connectivity index is 1.99. The van der Waals surface area contributed by atoms with Gasteiger partial charge in [0, 0.05) is 25.7 Å². The number of piperidine rings is 1. The highest BCUT2D eigenvalue weighted by Crippen LogP contribution is 2.20. The first-order valence-electron chi connectivity index (χ1n) is 6.80. The van der Waals surface area contributed by atoms with Crippen molar-refractivity contribution in [1.82, 2.24) is 10.2 Å². The molecule has 1 aliphatic rings. The molecular formula is C15H22N2O2. The Labute approximate surface area is 114 Å². The summed E-state index contributed by atoms with van der Waals surface area (Å²) < 4.78 is 5.32. The van der Waals surface area contributed by atoms with E-state index in [2.05, 4.69) is 5.32 Å². The molecule has 1 atom stereocenters. The fourth-order valence-electron chi connectivity index (χ4n) is 2.54. The minimum atomic E-state index is 0.119. The SMILES string of the molecule is COc1ccccc1CN(C)C(=O)[C@@H]1CCCNC1. The van der Waals surface area contributed by atoms with Gasteiger partial charge in [0.1, 0.15) is 5.75 Å². The topological polar surface area (TPSA) is 41.6 Å². The van der Waals surface area contributed by atoms with Crippen LogP contribution in [0, 0.1) is 5.92 Å². The maximum Gasteiger partial charge on any atom is 0.227 e. The van der Waals surface area contributed by atoms with Crippen molar-refractivity contribution in [2.24, 2.45) is 5.92 Å². The smallest absolute Gasteiger partial charge is 0.227 e. The van der Waals surface area contributed by atoms with E-state index in [1.54, 1.807) is 12.0 Å². The Kier molecular flexibility index (Phi) is 4.80. The quantitative estimate of drug-likeness (QED) is 0.897. The van der Waals surface area contributed by atoms with Crippen LogP contribution in [-0.4, -0.2) is 38.1 Å². The van der Waals surface area contributed by atoms with Crippen LogP contribution < -0.4 is 10.1 Å². The van der Waals surface area contributed by atoms with E-state index in [4.69, 9.17) is 4.74 Å². The molecule has 4 heteroatoms. The Morgan fingerprint density at radius 3 is 2.95 bits per heavy atom. The first kappa shape index (κ1) is 13.9. The molecule has 0 aliphatic carbocycles. The van der Waals surface area contributed by atoms with E-state index in [-0.39, 0.29) is 11.8 Å². The molecule has 0 saturated carbocycles. The zero-order valence-electron chi connectivity index (χ0n) is 11.7. The third-order valence-corrected chi connectivity index (χ3v) is 3.62. The van der Waals surface area contributed by atoms with Gasteiger partial charge >= 0.3 is 0 Å². The standard InChI is InChI=1S/C15H22N2O2/c1-17(15(18)12-7-5-9-16-10-12)11-13-6-3-4-8-14(13)19-2/h3-4,6,8,12,16H,5,7,9-11H2,1-2H3/t12-/m1/s1. The number of ether oxygens (including phenoxy) is 1. The van der Waals surface area contributed by atoms with Gasteiger partial charge in [0.15, 0.2) is 0 Å². The minimum Gasteiger partial charge on any atom is -0.496 e. The number of para-hydroxylation sites is 1. The summed E-state index contributed by atoms with van der Waals surface area (Å²) in [4.78, 5) is 14.1. The normalized spacial score (nSPS) is 18.9. The van der Waals surface area contributed by atoms with Crippen molar-refractivity contribution < 1.29 is 9.53 Å². The highest BCUT2D eigenvalue weighted by Gasteiger charge is 2.24. The van der Waals surface area contributed by atoms with Crippen LogP contribution in [0.5, 0.6) is 5.75 Å². The van der Waals surface area contributed by atoms with Crippen LogP contribution in [0.1, 0.15) is 18.4 Å². The van der Waals surface area contributed by atoms with Crippen molar-refractivity contribution in [3.05, 3.63) is 29.8 Å².